The summed E-state index contributed by atoms with van der Waals surface area (Å²) in [6.45, 7) is 7.48. The summed E-state index contributed by atoms with van der Waals surface area (Å²) in [5, 5.41) is 3.41. The summed E-state index contributed by atoms with van der Waals surface area (Å²) in [5.74, 6) is 2.03. The third kappa shape index (κ3) is 3.48. The molecule has 1 N–H and O–H groups in total. The van der Waals surface area contributed by atoms with Crippen LogP contribution in [0.2, 0.25) is 0 Å². The van der Waals surface area contributed by atoms with Crippen molar-refractivity contribution < 1.29 is 4.42 Å². The molecule has 0 aliphatic carbocycles. The molecule has 1 atom stereocenters. The summed E-state index contributed by atoms with van der Waals surface area (Å²) in [7, 11) is 0. The predicted molar refractivity (Wildman–Crippen MR) is 80.4 cm³/mol. The van der Waals surface area contributed by atoms with Crippen LogP contribution < -0.4 is 5.32 Å². The van der Waals surface area contributed by atoms with Crippen LogP contribution in [0.15, 0.2) is 40.8 Å². The Bertz CT molecular complexity index is 515. The van der Waals surface area contributed by atoms with E-state index in [1.54, 1.807) is 0 Å². The van der Waals surface area contributed by atoms with Crippen molar-refractivity contribution in [1.29, 1.82) is 0 Å². The Labute approximate surface area is 115 Å². The molecule has 2 aromatic rings. The lowest BCUT2D eigenvalue weighted by molar-refractivity contribution is 0.470. The van der Waals surface area contributed by atoms with Crippen molar-refractivity contribution in [2.24, 2.45) is 0 Å². The first-order chi connectivity index (χ1) is 9.24. The fourth-order valence-corrected chi connectivity index (χ4v) is 2.42. The molecule has 2 nitrogen and oxygen atoms in total. The second-order valence-electron chi connectivity index (χ2n) is 4.94. The van der Waals surface area contributed by atoms with Crippen LogP contribution in [0.4, 0.5) is 0 Å². The SMILES string of the molecule is CCNC(C)Cc1ccc(-c2ccccc2CC)o1. The number of aryl methyl sites for hydroxylation is 1. The number of hydrogen-bond donors (Lipinski definition) is 1. The monoisotopic (exact) mass is 257 g/mol. The molecule has 0 fully saturated rings. The summed E-state index contributed by atoms with van der Waals surface area (Å²) >= 11 is 0. The molecule has 0 bridgehead atoms. The van der Waals surface area contributed by atoms with Gasteiger partial charge < -0.3 is 9.73 Å². The first-order valence-corrected chi connectivity index (χ1v) is 7.15. The van der Waals surface area contributed by atoms with Crippen molar-refractivity contribution in [3.63, 3.8) is 0 Å². The Kier molecular flexibility index (Phi) is 4.80. The van der Waals surface area contributed by atoms with Crippen molar-refractivity contribution in [3.8, 4) is 11.3 Å². The van der Waals surface area contributed by atoms with Crippen LogP contribution in [0.5, 0.6) is 0 Å². The minimum atomic E-state index is 0.449. The van der Waals surface area contributed by atoms with Gasteiger partial charge in [0.2, 0.25) is 0 Å². The predicted octanol–water partition coefficient (Wildman–Crippen LogP) is 4.05. The Hall–Kier alpha value is -1.54. The van der Waals surface area contributed by atoms with Gasteiger partial charge in [0.15, 0.2) is 0 Å². The second kappa shape index (κ2) is 6.58. The maximum Gasteiger partial charge on any atom is 0.134 e. The van der Waals surface area contributed by atoms with Crippen LogP contribution in [0.1, 0.15) is 32.1 Å². The van der Waals surface area contributed by atoms with Crippen LogP contribution in [0.25, 0.3) is 11.3 Å². The first-order valence-electron chi connectivity index (χ1n) is 7.15. The smallest absolute Gasteiger partial charge is 0.134 e. The molecule has 0 saturated heterocycles. The number of benzene rings is 1. The second-order valence-corrected chi connectivity index (χ2v) is 4.94. The van der Waals surface area contributed by atoms with E-state index in [2.05, 4.69) is 62.5 Å². The average Bonchev–Trinajstić information content (AvgIpc) is 2.87. The third-order valence-electron chi connectivity index (χ3n) is 3.39. The van der Waals surface area contributed by atoms with Gasteiger partial charge in [0.1, 0.15) is 11.5 Å². The standard InChI is InChI=1S/C17H23NO/c1-4-14-8-6-7-9-16(14)17-11-10-15(19-17)12-13(3)18-5-2/h6-11,13,18H,4-5,12H2,1-3H3. The van der Waals surface area contributed by atoms with Gasteiger partial charge in [-0.05, 0) is 37.6 Å². The van der Waals surface area contributed by atoms with Gasteiger partial charge in [-0.1, -0.05) is 38.1 Å². The summed E-state index contributed by atoms with van der Waals surface area (Å²) in [5.41, 5.74) is 2.55. The van der Waals surface area contributed by atoms with Crippen LogP contribution >= 0.6 is 0 Å². The van der Waals surface area contributed by atoms with E-state index in [0.29, 0.717) is 6.04 Å². The number of nitrogens with one attached hydrogen (secondary N) is 1. The highest BCUT2D eigenvalue weighted by Crippen LogP contribution is 2.26. The van der Waals surface area contributed by atoms with Crippen molar-refractivity contribution in [2.75, 3.05) is 6.54 Å². The molecule has 0 aliphatic heterocycles. The van der Waals surface area contributed by atoms with E-state index >= 15 is 0 Å². The van der Waals surface area contributed by atoms with Crippen molar-refractivity contribution in [2.45, 2.75) is 39.7 Å². The molecule has 102 valence electrons. The Morgan fingerprint density at radius 3 is 2.63 bits per heavy atom. The highest BCUT2D eigenvalue weighted by Gasteiger charge is 2.10. The summed E-state index contributed by atoms with van der Waals surface area (Å²) < 4.78 is 5.99. The van der Waals surface area contributed by atoms with Crippen LogP contribution in [-0.4, -0.2) is 12.6 Å². The zero-order chi connectivity index (χ0) is 13.7. The summed E-state index contributed by atoms with van der Waals surface area (Å²) in [4.78, 5) is 0. The summed E-state index contributed by atoms with van der Waals surface area (Å²) in [6.07, 6.45) is 1.96. The van der Waals surface area contributed by atoms with E-state index in [4.69, 9.17) is 4.42 Å². The first kappa shape index (κ1) is 13.9. The highest BCUT2D eigenvalue weighted by atomic mass is 16.3. The fourth-order valence-electron chi connectivity index (χ4n) is 2.42. The zero-order valence-electron chi connectivity index (χ0n) is 12.1. The molecule has 0 spiro atoms. The van der Waals surface area contributed by atoms with Gasteiger partial charge in [-0.3, -0.25) is 0 Å². The Balaban J connectivity index is 2.16. The molecule has 0 aliphatic rings. The van der Waals surface area contributed by atoms with E-state index in [1.165, 1.54) is 11.1 Å². The van der Waals surface area contributed by atoms with E-state index in [9.17, 15) is 0 Å². The van der Waals surface area contributed by atoms with Crippen LogP contribution in [0, 0.1) is 0 Å². The minimum absolute atomic E-state index is 0.449. The average molecular weight is 257 g/mol. The topological polar surface area (TPSA) is 25.2 Å². The van der Waals surface area contributed by atoms with Gasteiger partial charge in [-0.15, -0.1) is 0 Å². The molecule has 1 aromatic carbocycles. The Morgan fingerprint density at radius 2 is 1.89 bits per heavy atom. The maximum atomic E-state index is 5.99. The minimum Gasteiger partial charge on any atom is -0.461 e. The fraction of sp³-hybridized carbons (Fsp3) is 0.412. The van der Waals surface area contributed by atoms with Gasteiger partial charge in [0.25, 0.3) is 0 Å². The molecule has 1 heterocycles. The molecule has 0 amide bonds. The molecule has 2 rings (SSSR count). The lowest BCUT2D eigenvalue weighted by Gasteiger charge is -2.10. The van der Waals surface area contributed by atoms with Crippen LogP contribution in [0.3, 0.4) is 0 Å². The number of rotatable bonds is 6. The zero-order valence-corrected chi connectivity index (χ0v) is 12.1. The largest absolute Gasteiger partial charge is 0.461 e. The van der Waals surface area contributed by atoms with Gasteiger partial charge in [0, 0.05) is 18.0 Å². The molecule has 19 heavy (non-hydrogen) atoms. The van der Waals surface area contributed by atoms with E-state index in [-0.39, 0.29) is 0 Å². The number of hydrogen-bond acceptors (Lipinski definition) is 2. The van der Waals surface area contributed by atoms with Crippen molar-refractivity contribution >= 4 is 0 Å². The quantitative estimate of drug-likeness (QED) is 0.844. The maximum absolute atomic E-state index is 5.99. The molecular formula is C17H23NO. The number of furan rings is 1. The number of likely N-dealkylation sites (N-methyl/N-ethyl adjacent to an activating group) is 1. The van der Waals surface area contributed by atoms with E-state index in [1.807, 2.05) is 0 Å². The van der Waals surface area contributed by atoms with Gasteiger partial charge >= 0.3 is 0 Å². The van der Waals surface area contributed by atoms with Crippen molar-refractivity contribution in [3.05, 3.63) is 47.7 Å². The van der Waals surface area contributed by atoms with Gasteiger partial charge in [-0.25, -0.2) is 0 Å². The lowest BCUT2D eigenvalue weighted by Crippen LogP contribution is -2.27. The third-order valence-corrected chi connectivity index (χ3v) is 3.39. The molecule has 1 aromatic heterocycles. The molecule has 1 unspecified atom stereocenters. The highest BCUT2D eigenvalue weighted by molar-refractivity contribution is 5.62. The van der Waals surface area contributed by atoms with E-state index < -0.39 is 0 Å². The molecule has 0 saturated carbocycles. The van der Waals surface area contributed by atoms with Crippen molar-refractivity contribution in [1.82, 2.24) is 5.32 Å². The van der Waals surface area contributed by atoms with E-state index in [0.717, 1.165) is 30.9 Å². The molecule has 0 radical (unpaired) electrons. The Morgan fingerprint density at radius 1 is 1.11 bits per heavy atom. The molecular weight excluding hydrogens is 234 g/mol. The van der Waals surface area contributed by atoms with Gasteiger partial charge in [-0.2, -0.15) is 0 Å². The summed E-state index contributed by atoms with van der Waals surface area (Å²) in [6, 6.07) is 13.1. The molecule has 2 heteroatoms. The van der Waals surface area contributed by atoms with Gasteiger partial charge in [0.05, 0.1) is 0 Å². The lowest BCUT2D eigenvalue weighted by atomic mass is 10.0. The normalized spacial score (nSPS) is 12.6. The van der Waals surface area contributed by atoms with Crippen LogP contribution in [-0.2, 0) is 12.8 Å².